The third kappa shape index (κ3) is 4.55. The highest BCUT2D eigenvalue weighted by atomic mass is 16.6. The summed E-state index contributed by atoms with van der Waals surface area (Å²) in [4.78, 5) is 17.0. The molecule has 30 heavy (non-hydrogen) atoms. The van der Waals surface area contributed by atoms with Crippen molar-refractivity contribution in [1.29, 1.82) is 0 Å². The van der Waals surface area contributed by atoms with Crippen LogP contribution in [0.2, 0.25) is 0 Å². The second kappa shape index (κ2) is 8.08. The summed E-state index contributed by atoms with van der Waals surface area (Å²) >= 11 is 0. The van der Waals surface area contributed by atoms with Crippen molar-refractivity contribution in [2.45, 2.75) is 96.7 Å². The number of rotatable bonds is 5. The molecule has 2 aliphatic rings. The molecule has 3 atom stereocenters. The first-order valence-corrected chi connectivity index (χ1v) is 11.3. The standard InChI is InChI=1S/C23H35N5O2/c1-14-13-24-28-20(12-19(27-21(14)28)15(2)16-7-6-8-16)25-17-9-10-18(11-17)26-22(29)30-23(3,4)5/h12-13,15-18,25H,6-11H2,1-5H3,(H,26,29)/t15?,17-,18-/m0/s1. The topological polar surface area (TPSA) is 80.5 Å². The van der Waals surface area contributed by atoms with Gasteiger partial charge in [0.05, 0.1) is 6.20 Å². The van der Waals surface area contributed by atoms with Crippen molar-refractivity contribution in [1.82, 2.24) is 19.9 Å². The number of aryl methyl sites for hydroxylation is 1. The van der Waals surface area contributed by atoms with E-state index in [-0.39, 0.29) is 18.2 Å². The molecule has 2 aromatic heterocycles. The lowest BCUT2D eigenvalue weighted by atomic mass is 9.75. The van der Waals surface area contributed by atoms with Gasteiger partial charge in [0.2, 0.25) is 0 Å². The van der Waals surface area contributed by atoms with Crippen LogP contribution in [0.3, 0.4) is 0 Å². The summed E-state index contributed by atoms with van der Waals surface area (Å²) in [5.41, 5.74) is 2.70. The van der Waals surface area contributed by atoms with Gasteiger partial charge in [-0.1, -0.05) is 13.3 Å². The van der Waals surface area contributed by atoms with Gasteiger partial charge in [0.25, 0.3) is 0 Å². The molecule has 2 fully saturated rings. The Morgan fingerprint density at radius 2 is 1.97 bits per heavy atom. The molecule has 2 saturated carbocycles. The fraction of sp³-hybridized carbons (Fsp3) is 0.696. The maximum atomic E-state index is 12.1. The number of amides is 1. The zero-order valence-corrected chi connectivity index (χ0v) is 18.9. The molecular weight excluding hydrogens is 378 g/mol. The van der Waals surface area contributed by atoms with E-state index in [9.17, 15) is 4.79 Å². The molecule has 0 spiro atoms. The molecule has 164 valence electrons. The summed E-state index contributed by atoms with van der Waals surface area (Å²) in [5.74, 6) is 2.20. The highest BCUT2D eigenvalue weighted by Crippen LogP contribution is 2.39. The van der Waals surface area contributed by atoms with Crippen LogP contribution in [-0.2, 0) is 4.74 Å². The van der Waals surface area contributed by atoms with Crippen molar-refractivity contribution in [2.75, 3.05) is 5.32 Å². The second-order valence-corrected chi connectivity index (χ2v) is 10.1. The van der Waals surface area contributed by atoms with Crippen LogP contribution in [0.5, 0.6) is 0 Å². The Morgan fingerprint density at radius 1 is 1.23 bits per heavy atom. The number of ether oxygens (including phenoxy) is 1. The Labute approximate surface area is 179 Å². The summed E-state index contributed by atoms with van der Waals surface area (Å²) in [6.07, 6.45) is 8.29. The third-order valence-corrected chi connectivity index (χ3v) is 6.50. The minimum absolute atomic E-state index is 0.127. The molecule has 7 nitrogen and oxygen atoms in total. The first-order chi connectivity index (χ1) is 14.2. The van der Waals surface area contributed by atoms with Gasteiger partial charge in [-0.3, -0.25) is 0 Å². The van der Waals surface area contributed by atoms with Crippen molar-refractivity contribution in [3.8, 4) is 0 Å². The number of fused-ring (bicyclic) bond motifs is 1. The molecular formula is C23H35N5O2. The minimum atomic E-state index is -0.478. The smallest absolute Gasteiger partial charge is 0.407 e. The number of carbonyl (C=O) groups is 1. The lowest BCUT2D eigenvalue weighted by Gasteiger charge is -2.31. The predicted octanol–water partition coefficient (Wildman–Crippen LogP) is 4.80. The number of nitrogens with one attached hydrogen (secondary N) is 2. The van der Waals surface area contributed by atoms with Gasteiger partial charge in [-0.15, -0.1) is 0 Å². The van der Waals surface area contributed by atoms with Crippen LogP contribution < -0.4 is 10.6 Å². The van der Waals surface area contributed by atoms with Crippen molar-refractivity contribution < 1.29 is 9.53 Å². The lowest BCUT2D eigenvalue weighted by Crippen LogP contribution is -2.38. The van der Waals surface area contributed by atoms with Gasteiger partial charge in [0.15, 0.2) is 5.65 Å². The van der Waals surface area contributed by atoms with Gasteiger partial charge < -0.3 is 15.4 Å². The molecule has 0 bridgehead atoms. The Kier molecular flexibility index (Phi) is 5.64. The molecule has 2 heterocycles. The van der Waals surface area contributed by atoms with Gasteiger partial charge in [0.1, 0.15) is 11.4 Å². The van der Waals surface area contributed by atoms with Gasteiger partial charge in [-0.05, 0) is 65.7 Å². The average molecular weight is 414 g/mol. The minimum Gasteiger partial charge on any atom is -0.444 e. The number of nitrogens with zero attached hydrogens (tertiary/aromatic N) is 3. The van der Waals surface area contributed by atoms with E-state index in [1.165, 1.54) is 19.3 Å². The van der Waals surface area contributed by atoms with Crippen molar-refractivity contribution >= 4 is 17.6 Å². The Bertz CT molecular complexity index is 912. The van der Waals surface area contributed by atoms with Crippen LogP contribution in [0.4, 0.5) is 10.6 Å². The maximum Gasteiger partial charge on any atom is 0.407 e. The summed E-state index contributed by atoms with van der Waals surface area (Å²) in [5, 5.41) is 11.3. The zero-order chi connectivity index (χ0) is 21.5. The van der Waals surface area contributed by atoms with Crippen LogP contribution in [-0.4, -0.2) is 38.4 Å². The van der Waals surface area contributed by atoms with Crippen LogP contribution >= 0.6 is 0 Å². The molecule has 2 aliphatic carbocycles. The van der Waals surface area contributed by atoms with E-state index < -0.39 is 5.60 Å². The molecule has 0 aromatic carbocycles. The van der Waals surface area contributed by atoms with E-state index in [1.807, 2.05) is 31.5 Å². The summed E-state index contributed by atoms with van der Waals surface area (Å²) in [7, 11) is 0. The van der Waals surface area contributed by atoms with Gasteiger partial charge in [-0.25, -0.2) is 9.78 Å². The molecule has 2 N–H and O–H groups in total. The Morgan fingerprint density at radius 3 is 2.63 bits per heavy atom. The molecule has 4 rings (SSSR count). The van der Waals surface area contributed by atoms with Crippen molar-refractivity contribution in [2.24, 2.45) is 5.92 Å². The number of aromatic nitrogens is 3. The molecule has 2 aromatic rings. The number of alkyl carbamates (subject to hydrolysis) is 1. The van der Waals surface area contributed by atoms with E-state index in [4.69, 9.17) is 9.72 Å². The van der Waals surface area contributed by atoms with Crippen molar-refractivity contribution in [3.63, 3.8) is 0 Å². The van der Waals surface area contributed by atoms with Gasteiger partial charge >= 0.3 is 6.09 Å². The first-order valence-electron chi connectivity index (χ1n) is 11.3. The Balaban J connectivity index is 1.46. The zero-order valence-electron chi connectivity index (χ0n) is 18.9. The number of hydrogen-bond acceptors (Lipinski definition) is 5. The summed E-state index contributed by atoms with van der Waals surface area (Å²) in [6, 6.07) is 2.59. The van der Waals surface area contributed by atoms with E-state index in [0.29, 0.717) is 5.92 Å². The van der Waals surface area contributed by atoms with E-state index in [2.05, 4.69) is 35.6 Å². The third-order valence-electron chi connectivity index (χ3n) is 6.50. The monoisotopic (exact) mass is 413 g/mol. The first kappa shape index (κ1) is 20.9. The van der Waals surface area contributed by atoms with Crippen molar-refractivity contribution in [3.05, 3.63) is 23.5 Å². The molecule has 7 heteroatoms. The number of hydrogen-bond donors (Lipinski definition) is 2. The highest BCUT2D eigenvalue weighted by Gasteiger charge is 2.30. The molecule has 1 unspecified atom stereocenters. The van der Waals surface area contributed by atoms with Crippen LogP contribution in [0, 0.1) is 12.8 Å². The quantitative estimate of drug-likeness (QED) is 0.736. The molecule has 1 amide bonds. The number of anilines is 1. The fourth-order valence-electron chi connectivity index (χ4n) is 4.54. The van der Waals surface area contributed by atoms with E-state index >= 15 is 0 Å². The SMILES string of the molecule is Cc1cnn2c(N[C@H]3CC[C@H](NC(=O)OC(C)(C)C)C3)cc(C(C)C3CCC3)nc12. The maximum absolute atomic E-state index is 12.1. The highest BCUT2D eigenvalue weighted by molar-refractivity contribution is 5.68. The number of carbonyl (C=O) groups excluding carboxylic acids is 1. The van der Waals surface area contributed by atoms with E-state index in [0.717, 1.165) is 47.9 Å². The molecule has 0 radical (unpaired) electrons. The van der Waals surface area contributed by atoms with Gasteiger partial charge in [-0.2, -0.15) is 9.61 Å². The van der Waals surface area contributed by atoms with Crippen LogP contribution in [0.1, 0.15) is 83.4 Å². The predicted molar refractivity (Wildman–Crippen MR) is 118 cm³/mol. The van der Waals surface area contributed by atoms with Gasteiger partial charge in [0, 0.05) is 35.3 Å². The summed E-state index contributed by atoms with van der Waals surface area (Å²) in [6.45, 7) is 10.0. The largest absolute Gasteiger partial charge is 0.444 e. The van der Waals surface area contributed by atoms with E-state index in [1.54, 1.807) is 0 Å². The van der Waals surface area contributed by atoms with Crippen LogP contribution in [0.15, 0.2) is 12.3 Å². The van der Waals surface area contributed by atoms with Crippen LogP contribution in [0.25, 0.3) is 5.65 Å². The fourth-order valence-corrected chi connectivity index (χ4v) is 4.54. The molecule has 0 saturated heterocycles. The second-order valence-electron chi connectivity index (χ2n) is 10.1. The summed E-state index contributed by atoms with van der Waals surface area (Å²) < 4.78 is 7.32. The lowest BCUT2D eigenvalue weighted by molar-refractivity contribution is 0.0505. The molecule has 0 aliphatic heterocycles. The normalized spacial score (nSPS) is 23.2. The average Bonchev–Trinajstić information content (AvgIpc) is 3.18. The Hall–Kier alpha value is -2.31.